The van der Waals surface area contributed by atoms with Crippen LogP contribution in [0.2, 0.25) is 0 Å². The van der Waals surface area contributed by atoms with Gasteiger partial charge in [0.25, 0.3) is 0 Å². The number of nitrogens with one attached hydrogen (secondary N) is 1. The standard InChI is InChI=1S/C27H22N2O4/c1-32-22-14-11-21(12-15-22)27(31)33-25-16-13-20-9-5-6-10-23(20)24(25)18-28-29-26(30)17-19-7-3-2-4-8-19/h2-16,18H,17H2,1H3,(H,29,30)/b28-18-. The molecule has 0 unspecified atom stereocenters. The second kappa shape index (κ2) is 10.2. The first-order valence-electron chi connectivity index (χ1n) is 10.4. The van der Waals surface area contributed by atoms with Crippen molar-refractivity contribution >= 4 is 28.9 Å². The topological polar surface area (TPSA) is 77.0 Å². The van der Waals surface area contributed by atoms with E-state index < -0.39 is 5.97 Å². The van der Waals surface area contributed by atoms with Crippen molar-refractivity contribution in [1.29, 1.82) is 0 Å². The number of hydrogen-bond acceptors (Lipinski definition) is 5. The summed E-state index contributed by atoms with van der Waals surface area (Å²) in [7, 11) is 1.56. The highest BCUT2D eigenvalue weighted by Gasteiger charge is 2.14. The first kappa shape index (κ1) is 21.8. The van der Waals surface area contributed by atoms with Crippen LogP contribution in [0.4, 0.5) is 0 Å². The highest BCUT2D eigenvalue weighted by Crippen LogP contribution is 2.27. The minimum absolute atomic E-state index is 0.215. The molecule has 1 N–H and O–H groups in total. The van der Waals surface area contributed by atoms with Gasteiger partial charge in [-0.1, -0.05) is 60.7 Å². The van der Waals surface area contributed by atoms with Gasteiger partial charge in [0.05, 0.1) is 25.3 Å². The van der Waals surface area contributed by atoms with Gasteiger partial charge >= 0.3 is 5.97 Å². The Bertz CT molecular complexity index is 1300. The van der Waals surface area contributed by atoms with Gasteiger partial charge in [-0.25, -0.2) is 10.2 Å². The minimum atomic E-state index is -0.504. The predicted molar refractivity (Wildman–Crippen MR) is 128 cm³/mol. The van der Waals surface area contributed by atoms with Gasteiger partial charge in [0.1, 0.15) is 11.5 Å². The third kappa shape index (κ3) is 5.43. The Labute approximate surface area is 191 Å². The van der Waals surface area contributed by atoms with Crippen molar-refractivity contribution < 1.29 is 19.1 Å². The molecule has 0 saturated carbocycles. The molecule has 4 rings (SSSR count). The molecule has 0 fully saturated rings. The van der Waals surface area contributed by atoms with E-state index in [2.05, 4.69) is 10.5 Å². The Kier molecular flexibility index (Phi) is 6.75. The Morgan fingerprint density at radius 2 is 1.61 bits per heavy atom. The van der Waals surface area contributed by atoms with E-state index in [9.17, 15) is 9.59 Å². The van der Waals surface area contributed by atoms with Crippen molar-refractivity contribution in [1.82, 2.24) is 5.43 Å². The monoisotopic (exact) mass is 438 g/mol. The lowest BCUT2D eigenvalue weighted by atomic mass is 10.0. The van der Waals surface area contributed by atoms with Crippen LogP contribution in [0.25, 0.3) is 10.8 Å². The lowest BCUT2D eigenvalue weighted by molar-refractivity contribution is -0.120. The van der Waals surface area contributed by atoms with Gasteiger partial charge in [-0.15, -0.1) is 0 Å². The van der Waals surface area contributed by atoms with Crippen molar-refractivity contribution in [2.45, 2.75) is 6.42 Å². The molecule has 33 heavy (non-hydrogen) atoms. The molecule has 6 heteroatoms. The number of rotatable bonds is 7. The SMILES string of the molecule is COc1ccc(C(=O)Oc2ccc3ccccc3c2/C=N\NC(=O)Cc2ccccc2)cc1. The molecule has 0 bridgehead atoms. The summed E-state index contributed by atoms with van der Waals surface area (Å²) in [5.74, 6) is 0.247. The van der Waals surface area contributed by atoms with E-state index in [1.54, 1.807) is 37.4 Å². The zero-order valence-electron chi connectivity index (χ0n) is 18.0. The molecule has 0 aromatic heterocycles. The molecule has 1 amide bonds. The number of hydrazone groups is 1. The molecule has 0 radical (unpaired) electrons. The number of carbonyl (C=O) groups is 2. The van der Waals surface area contributed by atoms with Crippen molar-refractivity contribution in [3.05, 3.63) is 108 Å². The fraction of sp³-hybridized carbons (Fsp3) is 0.0741. The normalized spacial score (nSPS) is 10.8. The third-order valence-corrected chi connectivity index (χ3v) is 5.05. The van der Waals surface area contributed by atoms with E-state index in [1.165, 1.54) is 6.21 Å². The Hall–Kier alpha value is -4.45. The third-order valence-electron chi connectivity index (χ3n) is 5.05. The summed E-state index contributed by atoms with van der Waals surface area (Å²) in [4.78, 5) is 25.0. The highest BCUT2D eigenvalue weighted by molar-refractivity contribution is 6.04. The highest BCUT2D eigenvalue weighted by atomic mass is 16.5. The number of esters is 1. The molecule has 0 atom stereocenters. The first-order chi connectivity index (χ1) is 16.1. The summed E-state index contributed by atoms with van der Waals surface area (Å²) in [6.07, 6.45) is 1.72. The Morgan fingerprint density at radius 3 is 2.36 bits per heavy atom. The minimum Gasteiger partial charge on any atom is -0.497 e. The number of carbonyl (C=O) groups excluding carboxylic acids is 2. The van der Waals surface area contributed by atoms with Gasteiger partial charge in [0, 0.05) is 5.56 Å². The van der Waals surface area contributed by atoms with Crippen molar-refractivity contribution in [3.63, 3.8) is 0 Å². The molecular weight excluding hydrogens is 416 g/mol. The van der Waals surface area contributed by atoms with E-state index >= 15 is 0 Å². The summed E-state index contributed by atoms with van der Waals surface area (Å²) in [6.45, 7) is 0. The van der Waals surface area contributed by atoms with E-state index in [0.29, 0.717) is 22.6 Å². The zero-order chi connectivity index (χ0) is 23.0. The van der Waals surface area contributed by atoms with E-state index in [-0.39, 0.29) is 12.3 Å². The molecule has 0 saturated heterocycles. The fourth-order valence-electron chi connectivity index (χ4n) is 3.37. The molecule has 0 heterocycles. The van der Waals surface area contributed by atoms with E-state index in [1.807, 2.05) is 60.7 Å². The van der Waals surface area contributed by atoms with Crippen molar-refractivity contribution in [2.75, 3.05) is 7.11 Å². The maximum absolute atomic E-state index is 12.7. The number of methoxy groups -OCH3 is 1. The second-order valence-electron chi connectivity index (χ2n) is 7.27. The van der Waals surface area contributed by atoms with E-state index in [0.717, 1.165) is 16.3 Å². The second-order valence-corrected chi connectivity index (χ2v) is 7.27. The van der Waals surface area contributed by atoms with Crippen LogP contribution in [0.3, 0.4) is 0 Å². The van der Waals surface area contributed by atoms with Crippen LogP contribution in [0, 0.1) is 0 Å². The summed E-state index contributed by atoms with van der Waals surface area (Å²) < 4.78 is 10.8. The quantitative estimate of drug-likeness (QED) is 0.195. The molecule has 0 aliphatic carbocycles. The fourth-order valence-corrected chi connectivity index (χ4v) is 3.37. The smallest absolute Gasteiger partial charge is 0.343 e. The zero-order valence-corrected chi connectivity index (χ0v) is 18.0. The number of hydrogen-bond donors (Lipinski definition) is 1. The molecule has 0 spiro atoms. The summed E-state index contributed by atoms with van der Waals surface area (Å²) >= 11 is 0. The van der Waals surface area contributed by atoms with Crippen LogP contribution >= 0.6 is 0 Å². The molecular formula is C27H22N2O4. The van der Waals surface area contributed by atoms with Gasteiger partial charge in [0.2, 0.25) is 5.91 Å². The van der Waals surface area contributed by atoms with Crippen LogP contribution < -0.4 is 14.9 Å². The molecule has 4 aromatic rings. The predicted octanol–water partition coefficient (Wildman–Crippen LogP) is 4.76. The van der Waals surface area contributed by atoms with Gasteiger partial charge in [0.15, 0.2) is 0 Å². The van der Waals surface area contributed by atoms with Crippen molar-refractivity contribution in [3.8, 4) is 11.5 Å². The molecule has 4 aromatic carbocycles. The van der Waals surface area contributed by atoms with Crippen LogP contribution in [-0.4, -0.2) is 25.2 Å². The summed E-state index contributed by atoms with van der Waals surface area (Å²) in [6, 6.07) is 27.4. The van der Waals surface area contributed by atoms with Crippen molar-refractivity contribution in [2.24, 2.45) is 5.10 Å². The van der Waals surface area contributed by atoms with Crippen LogP contribution in [0.5, 0.6) is 11.5 Å². The molecule has 0 aliphatic heterocycles. The van der Waals surface area contributed by atoms with Gasteiger partial charge in [-0.05, 0) is 46.7 Å². The average molecular weight is 438 g/mol. The number of amides is 1. The van der Waals surface area contributed by atoms with E-state index in [4.69, 9.17) is 9.47 Å². The number of fused-ring (bicyclic) bond motifs is 1. The summed E-state index contributed by atoms with van der Waals surface area (Å²) in [5.41, 5.74) is 4.42. The Balaban J connectivity index is 1.56. The van der Waals surface area contributed by atoms with Gasteiger partial charge < -0.3 is 9.47 Å². The lowest BCUT2D eigenvalue weighted by Crippen LogP contribution is -2.19. The number of benzene rings is 4. The summed E-state index contributed by atoms with van der Waals surface area (Å²) in [5, 5.41) is 5.92. The Morgan fingerprint density at radius 1 is 0.879 bits per heavy atom. The molecule has 164 valence electrons. The van der Waals surface area contributed by atoms with Crippen LogP contribution in [0.15, 0.2) is 96.1 Å². The maximum Gasteiger partial charge on any atom is 0.343 e. The van der Waals surface area contributed by atoms with Crippen LogP contribution in [-0.2, 0) is 11.2 Å². The molecule has 6 nitrogen and oxygen atoms in total. The average Bonchev–Trinajstić information content (AvgIpc) is 2.85. The maximum atomic E-state index is 12.7. The van der Waals surface area contributed by atoms with Gasteiger partial charge in [-0.3, -0.25) is 4.79 Å². The molecule has 0 aliphatic rings. The largest absolute Gasteiger partial charge is 0.497 e. The first-order valence-corrected chi connectivity index (χ1v) is 10.4. The van der Waals surface area contributed by atoms with Gasteiger partial charge in [-0.2, -0.15) is 5.10 Å². The lowest BCUT2D eigenvalue weighted by Gasteiger charge is -2.11. The van der Waals surface area contributed by atoms with Crippen LogP contribution in [0.1, 0.15) is 21.5 Å². The number of nitrogens with zero attached hydrogens (tertiary/aromatic N) is 1. The number of ether oxygens (including phenoxy) is 2.